The maximum atomic E-state index is 11.4. The van der Waals surface area contributed by atoms with Crippen LogP contribution in [0.2, 0.25) is 0 Å². The number of rotatable bonds is 2. The van der Waals surface area contributed by atoms with Crippen LogP contribution in [-0.2, 0) is 0 Å². The summed E-state index contributed by atoms with van der Waals surface area (Å²) in [7, 11) is 0. The van der Waals surface area contributed by atoms with Crippen molar-refractivity contribution >= 4 is 5.97 Å². The minimum Gasteiger partial charge on any atom is -0.478 e. The maximum absolute atomic E-state index is 11.4. The third-order valence-corrected chi connectivity index (χ3v) is 3.40. The fourth-order valence-corrected chi connectivity index (χ4v) is 2.36. The predicted octanol–water partition coefficient (Wildman–Crippen LogP) is 4.29. The summed E-state index contributed by atoms with van der Waals surface area (Å²) in [6, 6.07) is 9.87. The van der Waals surface area contributed by atoms with Gasteiger partial charge in [-0.25, -0.2) is 4.79 Å². The van der Waals surface area contributed by atoms with Gasteiger partial charge in [0.1, 0.15) is 0 Å². The average molecular weight is 254 g/mol. The largest absolute Gasteiger partial charge is 0.478 e. The van der Waals surface area contributed by atoms with Crippen molar-refractivity contribution < 1.29 is 9.90 Å². The van der Waals surface area contributed by atoms with Crippen molar-refractivity contribution in [2.24, 2.45) is 0 Å². The van der Waals surface area contributed by atoms with Crippen molar-refractivity contribution in [1.82, 2.24) is 0 Å². The van der Waals surface area contributed by atoms with Crippen LogP contribution in [0.1, 0.15) is 32.6 Å². The molecule has 0 atom stereocenters. The van der Waals surface area contributed by atoms with E-state index >= 15 is 0 Å². The van der Waals surface area contributed by atoms with Crippen LogP contribution in [0.5, 0.6) is 0 Å². The SMILES string of the molecule is Cc1cc(C)cc(-c2cc(C)c(C)cc2C(=O)O)c1. The molecule has 0 bridgehead atoms. The monoisotopic (exact) mass is 254 g/mol. The van der Waals surface area contributed by atoms with Gasteiger partial charge in [-0.1, -0.05) is 35.4 Å². The zero-order chi connectivity index (χ0) is 14.2. The second-order valence-electron chi connectivity index (χ2n) is 5.16. The van der Waals surface area contributed by atoms with Crippen LogP contribution < -0.4 is 0 Å². The minimum atomic E-state index is -0.878. The summed E-state index contributed by atoms with van der Waals surface area (Å²) in [6.45, 7) is 8.00. The Kier molecular flexibility index (Phi) is 3.43. The lowest BCUT2D eigenvalue weighted by Crippen LogP contribution is -2.02. The second kappa shape index (κ2) is 4.88. The van der Waals surface area contributed by atoms with Gasteiger partial charge < -0.3 is 5.11 Å². The molecule has 0 heterocycles. The van der Waals surface area contributed by atoms with Gasteiger partial charge in [0, 0.05) is 0 Å². The Morgan fingerprint density at radius 3 is 1.89 bits per heavy atom. The van der Waals surface area contributed by atoms with Crippen LogP contribution >= 0.6 is 0 Å². The number of carboxylic acids is 1. The summed E-state index contributed by atoms with van der Waals surface area (Å²) in [5.74, 6) is -0.878. The molecule has 2 aromatic carbocycles. The van der Waals surface area contributed by atoms with Gasteiger partial charge in [0.15, 0.2) is 0 Å². The number of carbonyl (C=O) groups is 1. The van der Waals surface area contributed by atoms with E-state index in [0.717, 1.165) is 33.4 Å². The molecule has 2 aromatic rings. The smallest absolute Gasteiger partial charge is 0.336 e. The first-order chi connectivity index (χ1) is 8.88. The van der Waals surface area contributed by atoms with Crippen LogP contribution in [0.4, 0.5) is 0 Å². The Labute approximate surface area is 113 Å². The van der Waals surface area contributed by atoms with Gasteiger partial charge in [0.05, 0.1) is 5.56 Å². The van der Waals surface area contributed by atoms with Crippen molar-refractivity contribution in [2.45, 2.75) is 27.7 Å². The van der Waals surface area contributed by atoms with E-state index in [9.17, 15) is 9.90 Å². The summed E-state index contributed by atoms with van der Waals surface area (Å²) < 4.78 is 0. The summed E-state index contributed by atoms with van der Waals surface area (Å²) in [5, 5.41) is 9.38. The Bertz CT molecular complexity index is 634. The molecule has 0 saturated heterocycles. The molecule has 0 saturated carbocycles. The zero-order valence-electron chi connectivity index (χ0n) is 11.7. The van der Waals surface area contributed by atoms with E-state index in [2.05, 4.69) is 6.07 Å². The Morgan fingerprint density at radius 1 is 0.842 bits per heavy atom. The van der Waals surface area contributed by atoms with E-state index in [1.54, 1.807) is 6.07 Å². The Hall–Kier alpha value is -2.09. The van der Waals surface area contributed by atoms with E-state index < -0.39 is 5.97 Å². The summed E-state index contributed by atoms with van der Waals surface area (Å²) in [5.41, 5.74) is 6.53. The molecule has 1 N–H and O–H groups in total. The molecule has 0 spiro atoms. The van der Waals surface area contributed by atoms with Crippen molar-refractivity contribution in [3.05, 3.63) is 58.1 Å². The van der Waals surface area contributed by atoms with E-state index in [-0.39, 0.29) is 0 Å². The highest BCUT2D eigenvalue weighted by molar-refractivity contribution is 5.96. The number of hydrogen-bond donors (Lipinski definition) is 1. The molecule has 0 aromatic heterocycles. The first-order valence-corrected chi connectivity index (χ1v) is 6.31. The first kappa shape index (κ1) is 13.3. The molecule has 19 heavy (non-hydrogen) atoms. The van der Waals surface area contributed by atoms with Crippen molar-refractivity contribution in [1.29, 1.82) is 0 Å². The van der Waals surface area contributed by atoms with E-state index in [1.807, 2.05) is 45.9 Å². The van der Waals surface area contributed by atoms with Gasteiger partial charge in [0.2, 0.25) is 0 Å². The third kappa shape index (κ3) is 2.68. The minimum absolute atomic E-state index is 0.369. The van der Waals surface area contributed by atoms with Crippen LogP contribution in [0, 0.1) is 27.7 Å². The summed E-state index contributed by atoms with van der Waals surface area (Å²) >= 11 is 0. The summed E-state index contributed by atoms with van der Waals surface area (Å²) in [4.78, 5) is 11.4. The fourth-order valence-electron chi connectivity index (χ4n) is 2.36. The lowest BCUT2D eigenvalue weighted by Gasteiger charge is -2.12. The fraction of sp³-hybridized carbons (Fsp3) is 0.235. The van der Waals surface area contributed by atoms with Crippen molar-refractivity contribution in [3.8, 4) is 11.1 Å². The standard InChI is InChI=1S/C17H18O2/c1-10-5-11(2)7-14(6-10)15-8-12(3)13(4)9-16(15)17(18)19/h5-9H,1-4H3,(H,18,19). The molecular weight excluding hydrogens is 236 g/mol. The first-order valence-electron chi connectivity index (χ1n) is 6.31. The maximum Gasteiger partial charge on any atom is 0.336 e. The highest BCUT2D eigenvalue weighted by Crippen LogP contribution is 2.28. The molecule has 0 aliphatic heterocycles. The molecule has 2 nitrogen and oxygen atoms in total. The summed E-state index contributed by atoms with van der Waals surface area (Å²) in [6.07, 6.45) is 0. The lowest BCUT2D eigenvalue weighted by molar-refractivity contribution is 0.0697. The molecular formula is C17H18O2. The highest BCUT2D eigenvalue weighted by atomic mass is 16.4. The van der Waals surface area contributed by atoms with Crippen LogP contribution in [0.15, 0.2) is 30.3 Å². The normalized spacial score (nSPS) is 10.5. The van der Waals surface area contributed by atoms with Crippen molar-refractivity contribution in [2.75, 3.05) is 0 Å². The number of carboxylic acid groups (broad SMARTS) is 1. The van der Waals surface area contributed by atoms with Crippen LogP contribution in [0.25, 0.3) is 11.1 Å². The second-order valence-corrected chi connectivity index (χ2v) is 5.16. The van der Waals surface area contributed by atoms with E-state index in [4.69, 9.17) is 0 Å². The van der Waals surface area contributed by atoms with Gasteiger partial charge in [-0.05, 0) is 56.0 Å². The van der Waals surface area contributed by atoms with Gasteiger partial charge in [0.25, 0.3) is 0 Å². The molecule has 0 aliphatic carbocycles. The van der Waals surface area contributed by atoms with E-state index in [1.165, 1.54) is 0 Å². The van der Waals surface area contributed by atoms with Gasteiger partial charge in [-0.15, -0.1) is 0 Å². The molecule has 2 rings (SSSR count). The number of aryl methyl sites for hydroxylation is 4. The van der Waals surface area contributed by atoms with Gasteiger partial charge in [-0.3, -0.25) is 0 Å². The van der Waals surface area contributed by atoms with E-state index in [0.29, 0.717) is 5.56 Å². The lowest BCUT2D eigenvalue weighted by atomic mass is 9.93. The number of hydrogen-bond acceptors (Lipinski definition) is 1. The predicted molar refractivity (Wildman–Crippen MR) is 77.8 cm³/mol. The Balaban J connectivity index is 2.73. The molecule has 2 heteroatoms. The molecule has 0 unspecified atom stereocenters. The molecule has 0 radical (unpaired) electrons. The quantitative estimate of drug-likeness (QED) is 0.868. The van der Waals surface area contributed by atoms with Crippen LogP contribution in [0.3, 0.4) is 0 Å². The Morgan fingerprint density at radius 2 is 1.37 bits per heavy atom. The van der Waals surface area contributed by atoms with Crippen LogP contribution in [-0.4, -0.2) is 11.1 Å². The number of aromatic carboxylic acids is 1. The average Bonchev–Trinajstić information content (AvgIpc) is 2.30. The third-order valence-electron chi connectivity index (χ3n) is 3.40. The highest BCUT2D eigenvalue weighted by Gasteiger charge is 2.14. The molecule has 0 amide bonds. The van der Waals surface area contributed by atoms with Crippen molar-refractivity contribution in [3.63, 3.8) is 0 Å². The van der Waals surface area contributed by atoms with Gasteiger partial charge in [-0.2, -0.15) is 0 Å². The molecule has 98 valence electrons. The zero-order valence-corrected chi connectivity index (χ0v) is 11.7. The number of benzene rings is 2. The molecule has 0 aliphatic rings. The topological polar surface area (TPSA) is 37.3 Å². The van der Waals surface area contributed by atoms with Gasteiger partial charge >= 0.3 is 5.97 Å². The molecule has 0 fully saturated rings.